The van der Waals surface area contributed by atoms with Crippen LogP contribution in [0.1, 0.15) is 27.2 Å². The maximum absolute atomic E-state index is 11.7. The van der Waals surface area contributed by atoms with Crippen LogP contribution in [0.5, 0.6) is 0 Å². The quantitative estimate of drug-likeness (QED) is 0.476. The summed E-state index contributed by atoms with van der Waals surface area (Å²) in [6.07, 6.45) is -0.0975. The minimum absolute atomic E-state index is 0.143. The molecule has 0 heterocycles. The molecule has 6 nitrogen and oxygen atoms in total. The lowest BCUT2D eigenvalue weighted by atomic mass is 10.3. The molecule has 0 aromatic heterocycles. The van der Waals surface area contributed by atoms with E-state index >= 15 is 0 Å². The van der Waals surface area contributed by atoms with Crippen LogP contribution < -0.4 is 5.32 Å². The monoisotopic (exact) mass is 290 g/mol. The molecule has 0 spiro atoms. The molecule has 6 heteroatoms. The summed E-state index contributed by atoms with van der Waals surface area (Å²) in [5.74, 6) is 0.143. The van der Waals surface area contributed by atoms with E-state index in [0.29, 0.717) is 39.3 Å². The van der Waals surface area contributed by atoms with Crippen molar-refractivity contribution in [2.24, 2.45) is 0 Å². The summed E-state index contributed by atoms with van der Waals surface area (Å²) in [5.41, 5.74) is 0. The lowest BCUT2D eigenvalue weighted by molar-refractivity contribution is -0.130. The Morgan fingerprint density at radius 2 is 1.85 bits per heavy atom. The first-order chi connectivity index (χ1) is 9.65. The van der Waals surface area contributed by atoms with Crippen LogP contribution in [0.2, 0.25) is 0 Å². The number of amides is 1. The smallest absolute Gasteiger partial charge is 0.223 e. The van der Waals surface area contributed by atoms with E-state index in [0.717, 1.165) is 13.1 Å². The predicted octanol–water partition coefficient (Wildman–Crippen LogP) is 0.249. The number of hydrogen-bond acceptors (Lipinski definition) is 5. The molecule has 0 aromatic rings. The second-order valence-electron chi connectivity index (χ2n) is 4.45. The van der Waals surface area contributed by atoms with Gasteiger partial charge in [0.2, 0.25) is 5.91 Å². The van der Waals surface area contributed by atoms with Gasteiger partial charge in [0.25, 0.3) is 0 Å². The van der Waals surface area contributed by atoms with Crippen molar-refractivity contribution in [3.63, 3.8) is 0 Å². The van der Waals surface area contributed by atoms with Crippen molar-refractivity contribution in [3.05, 3.63) is 0 Å². The molecule has 1 atom stereocenters. The van der Waals surface area contributed by atoms with Gasteiger partial charge in [-0.25, -0.2) is 0 Å². The fourth-order valence-corrected chi connectivity index (χ4v) is 1.74. The fourth-order valence-electron chi connectivity index (χ4n) is 1.74. The molecule has 1 amide bonds. The van der Waals surface area contributed by atoms with Crippen molar-refractivity contribution in [1.82, 2.24) is 10.2 Å². The van der Waals surface area contributed by atoms with Gasteiger partial charge in [-0.2, -0.15) is 0 Å². The first kappa shape index (κ1) is 19.3. The Kier molecular flexibility index (Phi) is 12.8. The lowest BCUT2D eigenvalue weighted by Crippen LogP contribution is -2.35. The molecule has 120 valence electrons. The molecule has 0 aliphatic heterocycles. The van der Waals surface area contributed by atoms with Crippen molar-refractivity contribution in [3.8, 4) is 0 Å². The molecular formula is C14H30N2O4. The van der Waals surface area contributed by atoms with E-state index < -0.39 is 6.10 Å². The molecule has 0 fully saturated rings. The zero-order valence-corrected chi connectivity index (χ0v) is 13.1. The fraction of sp³-hybridized carbons (Fsp3) is 0.929. The average Bonchev–Trinajstić information content (AvgIpc) is 2.44. The van der Waals surface area contributed by atoms with Gasteiger partial charge >= 0.3 is 0 Å². The number of carbonyl (C=O) groups excluding carboxylic acids is 1. The average molecular weight is 290 g/mol. The predicted molar refractivity (Wildman–Crippen MR) is 78.7 cm³/mol. The summed E-state index contributed by atoms with van der Waals surface area (Å²) in [6.45, 7) is 10.4. The zero-order valence-electron chi connectivity index (χ0n) is 13.1. The largest absolute Gasteiger partial charge is 0.389 e. The molecule has 0 saturated heterocycles. The number of rotatable bonds is 13. The minimum atomic E-state index is -0.555. The van der Waals surface area contributed by atoms with Crippen LogP contribution in [0.4, 0.5) is 0 Å². The van der Waals surface area contributed by atoms with Gasteiger partial charge in [-0.15, -0.1) is 0 Å². The molecule has 0 aliphatic rings. The Morgan fingerprint density at radius 3 is 2.45 bits per heavy atom. The molecule has 20 heavy (non-hydrogen) atoms. The van der Waals surface area contributed by atoms with E-state index in [-0.39, 0.29) is 12.5 Å². The summed E-state index contributed by atoms with van der Waals surface area (Å²) in [7, 11) is 0. The van der Waals surface area contributed by atoms with E-state index in [2.05, 4.69) is 5.32 Å². The number of aliphatic hydroxyl groups is 1. The third-order valence-corrected chi connectivity index (χ3v) is 2.90. The lowest BCUT2D eigenvalue weighted by Gasteiger charge is -2.19. The van der Waals surface area contributed by atoms with Gasteiger partial charge in [0.05, 0.1) is 25.9 Å². The van der Waals surface area contributed by atoms with Gasteiger partial charge in [0.1, 0.15) is 0 Å². The van der Waals surface area contributed by atoms with Gasteiger partial charge in [0.15, 0.2) is 0 Å². The number of carbonyl (C=O) groups is 1. The number of hydrogen-bond donors (Lipinski definition) is 2. The Morgan fingerprint density at radius 1 is 1.20 bits per heavy atom. The van der Waals surface area contributed by atoms with Crippen LogP contribution in [-0.2, 0) is 14.3 Å². The Hall–Kier alpha value is -0.690. The highest BCUT2D eigenvalue weighted by molar-refractivity contribution is 5.76. The van der Waals surface area contributed by atoms with E-state index in [1.165, 1.54) is 0 Å². The van der Waals surface area contributed by atoms with Crippen molar-refractivity contribution in [2.45, 2.75) is 33.3 Å². The van der Waals surface area contributed by atoms with E-state index in [1.807, 2.05) is 20.8 Å². The number of ether oxygens (including phenoxy) is 2. The first-order valence-electron chi connectivity index (χ1n) is 7.47. The van der Waals surface area contributed by atoms with Crippen LogP contribution in [0.15, 0.2) is 0 Å². The summed E-state index contributed by atoms with van der Waals surface area (Å²) >= 11 is 0. The van der Waals surface area contributed by atoms with Gasteiger partial charge < -0.3 is 24.8 Å². The Labute approximate surface area is 122 Å². The highest BCUT2D eigenvalue weighted by Crippen LogP contribution is 1.93. The normalized spacial score (nSPS) is 12.4. The van der Waals surface area contributed by atoms with Crippen LogP contribution in [0.3, 0.4) is 0 Å². The molecule has 0 aromatic carbocycles. The third-order valence-electron chi connectivity index (χ3n) is 2.90. The first-order valence-corrected chi connectivity index (χ1v) is 7.47. The zero-order chi connectivity index (χ0) is 15.2. The second-order valence-corrected chi connectivity index (χ2v) is 4.45. The number of nitrogens with zero attached hydrogens (tertiary/aromatic N) is 1. The molecule has 1 unspecified atom stereocenters. The highest BCUT2D eigenvalue weighted by atomic mass is 16.5. The topological polar surface area (TPSA) is 71.0 Å². The minimum Gasteiger partial charge on any atom is -0.389 e. The van der Waals surface area contributed by atoms with Crippen LogP contribution in [0.25, 0.3) is 0 Å². The van der Waals surface area contributed by atoms with Gasteiger partial charge in [-0.05, 0) is 20.8 Å². The second kappa shape index (κ2) is 13.3. The maximum Gasteiger partial charge on any atom is 0.223 e. The van der Waals surface area contributed by atoms with E-state index in [9.17, 15) is 9.90 Å². The van der Waals surface area contributed by atoms with Crippen LogP contribution in [0, 0.1) is 0 Å². The van der Waals surface area contributed by atoms with Gasteiger partial charge in [-0.1, -0.05) is 0 Å². The van der Waals surface area contributed by atoms with E-state index in [1.54, 1.807) is 4.90 Å². The summed E-state index contributed by atoms with van der Waals surface area (Å²) in [6, 6.07) is 0. The summed E-state index contributed by atoms with van der Waals surface area (Å²) in [4.78, 5) is 13.5. The molecule has 0 rings (SSSR count). The van der Waals surface area contributed by atoms with Crippen molar-refractivity contribution < 1.29 is 19.4 Å². The van der Waals surface area contributed by atoms with Crippen LogP contribution >= 0.6 is 0 Å². The number of aliphatic hydroxyl groups excluding tert-OH is 1. The van der Waals surface area contributed by atoms with E-state index in [4.69, 9.17) is 9.47 Å². The standard InChI is InChI=1S/C14H30N2O4/c1-4-16(5-2)14(18)7-8-15-11-13(17)12-20-10-9-19-6-3/h13,15,17H,4-12H2,1-3H3. The van der Waals surface area contributed by atoms with Crippen molar-refractivity contribution in [2.75, 3.05) is 52.6 Å². The molecular weight excluding hydrogens is 260 g/mol. The highest BCUT2D eigenvalue weighted by Gasteiger charge is 2.09. The Bertz CT molecular complexity index is 235. The summed E-state index contributed by atoms with van der Waals surface area (Å²) in [5, 5.41) is 12.7. The summed E-state index contributed by atoms with van der Waals surface area (Å²) < 4.78 is 10.4. The molecule has 2 N–H and O–H groups in total. The Balaban J connectivity index is 3.47. The van der Waals surface area contributed by atoms with Gasteiger partial charge in [-0.3, -0.25) is 4.79 Å². The van der Waals surface area contributed by atoms with Gasteiger partial charge in [0, 0.05) is 39.2 Å². The van der Waals surface area contributed by atoms with Crippen molar-refractivity contribution >= 4 is 5.91 Å². The molecule has 0 radical (unpaired) electrons. The molecule has 0 bridgehead atoms. The molecule has 0 aliphatic carbocycles. The number of nitrogens with one attached hydrogen (secondary N) is 1. The third kappa shape index (κ3) is 10.1. The van der Waals surface area contributed by atoms with Crippen molar-refractivity contribution in [1.29, 1.82) is 0 Å². The van der Waals surface area contributed by atoms with Crippen LogP contribution in [-0.4, -0.2) is 74.6 Å². The maximum atomic E-state index is 11.7. The SMILES string of the molecule is CCOCCOCC(O)CNCCC(=O)N(CC)CC. The molecule has 0 saturated carbocycles.